The van der Waals surface area contributed by atoms with E-state index in [-0.39, 0.29) is 58.1 Å². The first-order valence-electron chi connectivity index (χ1n) is 14.9. The van der Waals surface area contributed by atoms with Gasteiger partial charge in [0, 0.05) is 13.0 Å². The Balaban J connectivity index is 0.000000220. The number of fused-ring (bicyclic) bond motifs is 2. The monoisotopic (exact) mass is 711 g/mol. The number of benzene rings is 2. The number of imide groups is 3. The normalized spacial score (nSPS) is 20.6. The first-order valence-corrected chi connectivity index (χ1v) is 14.9. The van der Waals surface area contributed by atoms with Gasteiger partial charge in [-0.15, -0.1) is 0 Å². The number of nitrogens with zero attached hydrogens (tertiary/aromatic N) is 2. The molecule has 0 aromatic heterocycles. The first-order chi connectivity index (χ1) is 22.2. The van der Waals surface area contributed by atoms with E-state index < -0.39 is 64.8 Å². The van der Waals surface area contributed by atoms with Crippen LogP contribution in [0.15, 0.2) is 36.4 Å². The fourth-order valence-electron chi connectivity index (χ4n) is 5.38. The minimum absolute atomic E-state index is 0. The third kappa shape index (κ3) is 8.01. The summed E-state index contributed by atoms with van der Waals surface area (Å²) < 4.78 is 27.5. The second-order valence-electron chi connectivity index (χ2n) is 12.1. The van der Waals surface area contributed by atoms with Crippen LogP contribution in [0.4, 0.5) is 8.78 Å². The van der Waals surface area contributed by atoms with Gasteiger partial charge in [-0.25, -0.2) is 13.7 Å². The van der Waals surface area contributed by atoms with E-state index in [9.17, 15) is 42.3 Å². The zero-order chi connectivity index (χ0) is 34.6. The van der Waals surface area contributed by atoms with Gasteiger partial charge in [-0.2, -0.15) is 0 Å². The second-order valence-corrected chi connectivity index (χ2v) is 12.1. The number of amides is 7. The van der Waals surface area contributed by atoms with E-state index in [1.165, 1.54) is 24.3 Å². The summed E-state index contributed by atoms with van der Waals surface area (Å²) in [5.74, 6) is -5.85. The van der Waals surface area contributed by atoms with Crippen molar-refractivity contribution in [2.75, 3.05) is 6.54 Å². The Morgan fingerprint density at radius 1 is 0.729 bits per heavy atom. The standard InChI is InChI=1S/C14H11FN2O4.C14H13FN2O3.C4H10O2.Mn/c15-8-4-1-3-7-11(8)14(21)17(13(7)20)9-5-2-6-10(18)16-12(9)19;15-9-5-3-4-8-11(9)14(20)17(13(8)19)10-6-1-2-7-16-12(10)18;1-4(2,3)6-5;/h1,3-4,9H,2,5-6H2,(H,16,18,19);3-5,10H,1-2,6-7H2,(H,16,18);5H,1-3H3;/q;;;+3. The van der Waals surface area contributed by atoms with Crippen LogP contribution in [0.3, 0.4) is 0 Å². The number of carbonyl (C=O) groups excluding carboxylic acids is 7. The topological polar surface area (TPSA) is 179 Å². The molecule has 7 amide bonds. The van der Waals surface area contributed by atoms with Gasteiger partial charge in [0.1, 0.15) is 23.7 Å². The Morgan fingerprint density at radius 2 is 1.19 bits per heavy atom. The Bertz CT molecular complexity index is 1650. The molecule has 48 heavy (non-hydrogen) atoms. The van der Waals surface area contributed by atoms with Gasteiger partial charge in [0.25, 0.3) is 23.6 Å². The summed E-state index contributed by atoms with van der Waals surface area (Å²) in [5.41, 5.74) is -0.962. The van der Waals surface area contributed by atoms with Crippen molar-refractivity contribution in [1.82, 2.24) is 20.4 Å². The van der Waals surface area contributed by atoms with Crippen LogP contribution < -0.4 is 10.6 Å². The predicted octanol–water partition coefficient (Wildman–Crippen LogP) is 2.98. The molecule has 16 heteroatoms. The Kier molecular flexibility index (Phi) is 12.4. The summed E-state index contributed by atoms with van der Waals surface area (Å²) in [6.45, 7) is 5.85. The minimum Gasteiger partial charge on any atom is -0.354 e. The van der Waals surface area contributed by atoms with Crippen molar-refractivity contribution in [1.29, 1.82) is 0 Å². The molecule has 2 aromatic rings. The van der Waals surface area contributed by atoms with Crippen LogP contribution >= 0.6 is 0 Å². The zero-order valence-electron chi connectivity index (χ0n) is 26.3. The van der Waals surface area contributed by atoms with Crippen LogP contribution in [0, 0.1) is 11.6 Å². The molecule has 4 heterocycles. The number of rotatable bonds is 2. The number of halogens is 2. The van der Waals surface area contributed by atoms with Gasteiger partial charge in [0.15, 0.2) is 0 Å². The molecular weight excluding hydrogens is 677 g/mol. The van der Waals surface area contributed by atoms with E-state index in [1.807, 2.05) is 0 Å². The van der Waals surface area contributed by atoms with Crippen LogP contribution in [0.2, 0.25) is 0 Å². The quantitative estimate of drug-likeness (QED) is 0.183. The van der Waals surface area contributed by atoms with Crippen molar-refractivity contribution >= 4 is 41.4 Å². The molecule has 13 nitrogen and oxygen atoms in total. The van der Waals surface area contributed by atoms with Crippen molar-refractivity contribution in [3.8, 4) is 0 Å². The maximum absolute atomic E-state index is 13.7. The van der Waals surface area contributed by atoms with Crippen LogP contribution in [0.5, 0.6) is 0 Å². The molecule has 0 aliphatic carbocycles. The Labute approximate surface area is 284 Å². The second kappa shape index (κ2) is 15.7. The largest absolute Gasteiger partial charge is 3.00 e. The number of hydrogen-bond acceptors (Lipinski definition) is 9. The molecule has 4 aliphatic rings. The summed E-state index contributed by atoms with van der Waals surface area (Å²) in [5, 5.41) is 12.7. The Morgan fingerprint density at radius 3 is 1.65 bits per heavy atom. The summed E-state index contributed by atoms with van der Waals surface area (Å²) in [6.07, 6.45) is 2.67. The maximum atomic E-state index is 13.7. The van der Waals surface area contributed by atoms with Gasteiger partial charge in [-0.05, 0) is 77.1 Å². The van der Waals surface area contributed by atoms with Crippen LogP contribution in [-0.2, 0) is 36.3 Å². The van der Waals surface area contributed by atoms with Crippen molar-refractivity contribution in [3.05, 3.63) is 70.3 Å². The summed E-state index contributed by atoms with van der Waals surface area (Å²) in [7, 11) is 0. The third-order valence-electron chi connectivity index (χ3n) is 7.64. The van der Waals surface area contributed by atoms with Crippen molar-refractivity contribution in [3.63, 3.8) is 0 Å². The fraction of sp³-hybridized carbons (Fsp3) is 0.406. The fourth-order valence-corrected chi connectivity index (χ4v) is 5.38. The maximum Gasteiger partial charge on any atom is 3.00 e. The number of hydrogen-bond donors (Lipinski definition) is 3. The van der Waals surface area contributed by atoms with Gasteiger partial charge in [-0.1, -0.05) is 12.1 Å². The summed E-state index contributed by atoms with van der Waals surface area (Å²) in [6, 6.07) is 5.78. The molecule has 0 radical (unpaired) electrons. The van der Waals surface area contributed by atoms with E-state index >= 15 is 0 Å². The van der Waals surface area contributed by atoms with E-state index in [4.69, 9.17) is 5.26 Å². The smallest absolute Gasteiger partial charge is 0.354 e. The summed E-state index contributed by atoms with van der Waals surface area (Å²) in [4.78, 5) is 89.9. The molecule has 2 unspecified atom stereocenters. The molecule has 6 rings (SSSR count). The van der Waals surface area contributed by atoms with Gasteiger partial charge >= 0.3 is 17.1 Å². The number of carbonyl (C=O) groups is 7. The molecule has 0 bridgehead atoms. The Hall–Kier alpha value is -4.37. The van der Waals surface area contributed by atoms with Crippen molar-refractivity contribution in [2.24, 2.45) is 0 Å². The first kappa shape index (κ1) is 38.1. The van der Waals surface area contributed by atoms with Crippen LogP contribution in [-0.4, -0.2) is 80.6 Å². The van der Waals surface area contributed by atoms with Crippen molar-refractivity contribution in [2.45, 2.75) is 77.0 Å². The van der Waals surface area contributed by atoms with Crippen molar-refractivity contribution < 1.29 is 69.6 Å². The molecule has 254 valence electrons. The molecule has 2 atom stereocenters. The minimum atomic E-state index is -1.08. The van der Waals surface area contributed by atoms with E-state index in [2.05, 4.69) is 15.5 Å². The van der Waals surface area contributed by atoms with Crippen LogP contribution in [0.25, 0.3) is 0 Å². The molecule has 2 aromatic carbocycles. The average Bonchev–Trinajstić information content (AvgIpc) is 3.21. The summed E-state index contributed by atoms with van der Waals surface area (Å²) >= 11 is 0. The molecule has 3 N–H and O–H groups in total. The molecule has 2 fully saturated rings. The van der Waals surface area contributed by atoms with Gasteiger partial charge in [0.05, 0.1) is 27.9 Å². The van der Waals surface area contributed by atoms with Gasteiger partial charge in [-0.3, -0.25) is 53.9 Å². The van der Waals surface area contributed by atoms with Gasteiger partial charge < -0.3 is 5.32 Å². The van der Waals surface area contributed by atoms with E-state index in [1.54, 1.807) is 20.8 Å². The molecule has 4 aliphatic heterocycles. The van der Waals surface area contributed by atoms with Crippen LogP contribution in [0.1, 0.15) is 101 Å². The third-order valence-corrected chi connectivity index (χ3v) is 7.64. The van der Waals surface area contributed by atoms with Gasteiger partial charge in [0.2, 0.25) is 17.7 Å². The molecule has 0 spiro atoms. The predicted molar refractivity (Wildman–Crippen MR) is 159 cm³/mol. The molecule has 0 saturated carbocycles. The van der Waals surface area contributed by atoms with E-state index in [0.717, 1.165) is 34.8 Å². The molecular formula is C32H34F2MnN4O9+3. The van der Waals surface area contributed by atoms with E-state index in [0.29, 0.717) is 19.4 Å². The molecule has 2 saturated heterocycles. The zero-order valence-corrected chi connectivity index (χ0v) is 27.5. The average molecular weight is 712 g/mol. The SMILES string of the molecule is CC(C)(C)OO.O=C1CCCC(N2C(=O)c3cccc(F)c3C2=O)C(=O)N1.O=C1NCCCCC1N1C(=O)c2cccc(F)c2C1=O.[Mn+3]. The number of nitrogens with one attached hydrogen (secondary N) is 2.